The molecule has 1 aromatic carbocycles. The van der Waals surface area contributed by atoms with Gasteiger partial charge in [0.05, 0.1) is 6.04 Å². The summed E-state index contributed by atoms with van der Waals surface area (Å²) in [7, 11) is 0. The van der Waals surface area contributed by atoms with Gasteiger partial charge in [-0.15, -0.1) is 0 Å². The van der Waals surface area contributed by atoms with Crippen LogP contribution in [0.5, 0.6) is 0 Å². The van der Waals surface area contributed by atoms with Crippen molar-refractivity contribution in [3.63, 3.8) is 0 Å². The molecule has 1 aliphatic carbocycles. The van der Waals surface area contributed by atoms with Gasteiger partial charge in [0.15, 0.2) is 0 Å². The molecule has 0 aromatic heterocycles. The van der Waals surface area contributed by atoms with E-state index in [0.29, 0.717) is 24.0 Å². The molecule has 86 valence electrons. The fourth-order valence-electron chi connectivity index (χ4n) is 3.09. The van der Waals surface area contributed by atoms with Crippen LogP contribution in [0.2, 0.25) is 0 Å². The van der Waals surface area contributed by atoms with Gasteiger partial charge in [0.2, 0.25) is 0 Å². The van der Waals surface area contributed by atoms with E-state index in [-0.39, 0.29) is 0 Å². The fourth-order valence-corrected chi connectivity index (χ4v) is 3.09. The molecule has 16 heavy (non-hydrogen) atoms. The third-order valence-corrected chi connectivity index (χ3v) is 3.96. The van der Waals surface area contributed by atoms with E-state index in [2.05, 4.69) is 41.2 Å². The molecule has 0 bridgehead atoms. The third-order valence-electron chi connectivity index (χ3n) is 3.96. The minimum Gasteiger partial charge on any atom is -0.328 e. The van der Waals surface area contributed by atoms with Gasteiger partial charge < -0.3 is 5.73 Å². The first kappa shape index (κ1) is 10.3. The normalized spacial score (nSPS) is 38.3. The molecule has 0 amide bonds. The summed E-state index contributed by atoms with van der Waals surface area (Å²) >= 11 is 0. The molecule has 1 saturated heterocycles. The number of rotatable bonds is 1. The van der Waals surface area contributed by atoms with E-state index in [1.165, 1.54) is 12.0 Å². The molecule has 4 unspecified atom stereocenters. The zero-order valence-electron chi connectivity index (χ0n) is 9.39. The summed E-state index contributed by atoms with van der Waals surface area (Å²) in [4.78, 5) is 0. The molecule has 1 aromatic rings. The quantitative estimate of drug-likeness (QED) is 0.665. The van der Waals surface area contributed by atoms with Gasteiger partial charge in [-0.1, -0.05) is 30.3 Å². The van der Waals surface area contributed by atoms with Gasteiger partial charge in [0.25, 0.3) is 0 Å². The average molecular weight is 217 g/mol. The second-order valence-electron chi connectivity index (χ2n) is 5.02. The Bertz CT molecular complexity index is 351. The number of nitrogens with one attached hydrogen (secondary N) is 2. The number of hydrogen-bond acceptors (Lipinski definition) is 3. The molecule has 2 aliphatic rings. The summed E-state index contributed by atoms with van der Waals surface area (Å²) in [6, 6.07) is 12.1. The molecular formula is C13H19N3. The van der Waals surface area contributed by atoms with E-state index in [1.807, 2.05) is 0 Å². The van der Waals surface area contributed by atoms with Crippen molar-refractivity contribution in [2.24, 2.45) is 11.7 Å². The van der Waals surface area contributed by atoms with E-state index < -0.39 is 0 Å². The van der Waals surface area contributed by atoms with Crippen LogP contribution in [0.15, 0.2) is 30.3 Å². The van der Waals surface area contributed by atoms with Gasteiger partial charge in [-0.2, -0.15) is 0 Å². The van der Waals surface area contributed by atoms with Gasteiger partial charge in [0, 0.05) is 12.1 Å². The zero-order valence-corrected chi connectivity index (χ0v) is 9.39. The lowest BCUT2D eigenvalue weighted by Crippen LogP contribution is -2.41. The van der Waals surface area contributed by atoms with Gasteiger partial charge in [-0.25, -0.2) is 5.43 Å². The number of hydrogen-bond donors (Lipinski definition) is 3. The fraction of sp³-hybridized carbons (Fsp3) is 0.538. The highest BCUT2D eigenvalue weighted by Crippen LogP contribution is 2.37. The highest BCUT2D eigenvalue weighted by Gasteiger charge is 2.39. The minimum atomic E-state index is 0.380. The summed E-state index contributed by atoms with van der Waals surface area (Å²) < 4.78 is 0. The first-order valence-electron chi connectivity index (χ1n) is 6.16. The first-order chi connectivity index (χ1) is 7.84. The Labute approximate surface area is 96.4 Å². The van der Waals surface area contributed by atoms with E-state index in [1.54, 1.807) is 0 Å². The maximum atomic E-state index is 6.01. The van der Waals surface area contributed by atoms with Gasteiger partial charge in [-0.3, -0.25) is 5.43 Å². The number of benzene rings is 1. The van der Waals surface area contributed by atoms with Crippen LogP contribution >= 0.6 is 0 Å². The van der Waals surface area contributed by atoms with E-state index in [4.69, 9.17) is 5.73 Å². The Balaban J connectivity index is 1.79. The van der Waals surface area contributed by atoms with Crippen LogP contribution < -0.4 is 16.6 Å². The summed E-state index contributed by atoms with van der Waals surface area (Å²) in [5.41, 5.74) is 14.2. The first-order valence-corrected chi connectivity index (χ1v) is 6.16. The maximum Gasteiger partial charge on any atom is 0.0506 e. The number of hydrazine groups is 1. The molecule has 4 N–H and O–H groups in total. The van der Waals surface area contributed by atoms with Crippen molar-refractivity contribution in [1.82, 2.24) is 10.9 Å². The Morgan fingerprint density at radius 1 is 1.06 bits per heavy atom. The largest absolute Gasteiger partial charge is 0.328 e. The van der Waals surface area contributed by atoms with Crippen LogP contribution in [0.4, 0.5) is 0 Å². The lowest BCUT2D eigenvalue weighted by atomic mass is 9.78. The van der Waals surface area contributed by atoms with E-state index in [0.717, 1.165) is 12.8 Å². The van der Waals surface area contributed by atoms with Crippen molar-refractivity contribution >= 4 is 0 Å². The number of nitrogens with two attached hydrogens (primary N) is 1. The molecule has 3 nitrogen and oxygen atoms in total. The van der Waals surface area contributed by atoms with Crippen LogP contribution in [0.1, 0.15) is 30.9 Å². The smallest absolute Gasteiger partial charge is 0.0506 e. The van der Waals surface area contributed by atoms with Crippen molar-refractivity contribution in [2.75, 3.05) is 0 Å². The highest BCUT2D eigenvalue weighted by atomic mass is 15.4. The molecule has 1 aliphatic heterocycles. The van der Waals surface area contributed by atoms with Crippen molar-refractivity contribution in [3.8, 4) is 0 Å². The molecule has 1 heterocycles. The van der Waals surface area contributed by atoms with Gasteiger partial charge in [-0.05, 0) is 30.7 Å². The lowest BCUT2D eigenvalue weighted by molar-refractivity contribution is 0.281. The lowest BCUT2D eigenvalue weighted by Gasteiger charge is -2.31. The van der Waals surface area contributed by atoms with Crippen molar-refractivity contribution in [2.45, 2.75) is 37.4 Å². The van der Waals surface area contributed by atoms with E-state index in [9.17, 15) is 0 Å². The topological polar surface area (TPSA) is 50.1 Å². The Hall–Kier alpha value is -0.900. The molecule has 0 spiro atoms. The van der Waals surface area contributed by atoms with Gasteiger partial charge >= 0.3 is 0 Å². The SMILES string of the molecule is NC1CCC2C(C1)NNC2c1ccccc1. The molecule has 4 atom stereocenters. The minimum absolute atomic E-state index is 0.380. The van der Waals surface area contributed by atoms with Crippen molar-refractivity contribution in [1.29, 1.82) is 0 Å². The average Bonchev–Trinajstić information content (AvgIpc) is 2.73. The predicted molar refractivity (Wildman–Crippen MR) is 64.6 cm³/mol. The maximum absolute atomic E-state index is 6.01. The summed E-state index contributed by atoms with van der Waals surface area (Å²) in [5, 5.41) is 0. The summed E-state index contributed by atoms with van der Waals surface area (Å²) in [6.07, 6.45) is 3.49. The predicted octanol–water partition coefficient (Wildman–Crippen LogP) is 1.33. The van der Waals surface area contributed by atoms with Crippen molar-refractivity contribution in [3.05, 3.63) is 35.9 Å². The van der Waals surface area contributed by atoms with Crippen LogP contribution in [0.25, 0.3) is 0 Å². The second-order valence-corrected chi connectivity index (χ2v) is 5.02. The van der Waals surface area contributed by atoms with Crippen LogP contribution in [0, 0.1) is 5.92 Å². The Morgan fingerprint density at radius 3 is 2.69 bits per heavy atom. The van der Waals surface area contributed by atoms with Crippen molar-refractivity contribution < 1.29 is 0 Å². The van der Waals surface area contributed by atoms with Crippen LogP contribution in [-0.4, -0.2) is 12.1 Å². The third kappa shape index (κ3) is 1.75. The standard InChI is InChI=1S/C13H19N3/c14-10-6-7-11-12(8-10)15-16-13(11)9-4-2-1-3-5-9/h1-5,10-13,15-16H,6-8,14H2. The molecule has 0 radical (unpaired) electrons. The monoisotopic (exact) mass is 217 g/mol. The molecule has 2 fully saturated rings. The van der Waals surface area contributed by atoms with E-state index >= 15 is 0 Å². The van der Waals surface area contributed by atoms with Crippen LogP contribution in [0.3, 0.4) is 0 Å². The molecular weight excluding hydrogens is 198 g/mol. The zero-order chi connectivity index (χ0) is 11.0. The molecule has 3 heteroatoms. The number of fused-ring (bicyclic) bond motifs is 1. The van der Waals surface area contributed by atoms with Crippen LogP contribution in [-0.2, 0) is 0 Å². The second kappa shape index (κ2) is 4.17. The summed E-state index contributed by atoms with van der Waals surface area (Å²) in [5.74, 6) is 0.696. The Kier molecular flexibility index (Phi) is 2.67. The summed E-state index contributed by atoms with van der Waals surface area (Å²) in [6.45, 7) is 0. The Morgan fingerprint density at radius 2 is 1.88 bits per heavy atom. The molecule has 3 rings (SSSR count). The highest BCUT2D eigenvalue weighted by molar-refractivity contribution is 5.21. The van der Waals surface area contributed by atoms with Gasteiger partial charge in [0.1, 0.15) is 0 Å². The molecule has 1 saturated carbocycles.